The number of methoxy groups -OCH3 is 1. The van der Waals surface area contributed by atoms with Gasteiger partial charge in [0.05, 0.1) is 12.5 Å². The molecule has 1 heterocycles. The molecule has 0 saturated carbocycles. The Morgan fingerprint density at radius 1 is 1.19 bits per heavy atom. The molecule has 0 bridgehead atoms. The zero-order valence-electron chi connectivity index (χ0n) is 14.8. The number of rotatable bonds is 5. The normalized spacial score (nSPS) is 13.3. The van der Waals surface area contributed by atoms with Gasteiger partial charge in [0.15, 0.2) is 0 Å². The average Bonchev–Trinajstić information content (AvgIpc) is 2.64. The van der Waals surface area contributed by atoms with E-state index < -0.39 is 11.9 Å². The van der Waals surface area contributed by atoms with Crippen molar-refractivity contribution in [3.8, 4) is 5.75 Å². The molecular formula is C19H20N4O3. The van der Waals surface area contributed by atoms with Gasteiger partial charge in [0.1, 0.15) is 17.3 Å². The molecule has 3 aromatic rings. The molecule has 0 aliphatic rings. The zero-order chi connectivity index (χ0) is 18.8. The molecule has 2 N–H and O–H groups in total. The summed E-state index contributed by atoms with van der Waals surface area (Å²) in [6, 6.07) is 11.6. The second kappa shape index (κ2) is 6.95. The highest BCUT2D eigenvalue weighted by Gasteiger charge is 2.29. The topological polar surface area (TPSA) is 100 Å². The maximum absolute atomic E-state index is 12.9. The number of fused-ring (bicyclic) bond motifs is 1. The summed E-state index contributed by atoms with van der Waals surface area (Å²) < 4.78 is 6.23. The number of benzene rings is 2. The predicted octanol–water partition coefficient (Wildman–Crippen LogP) is 1.94. The van der Waals surface area contributed by atoms with Crippen LogP contribution in [-0.4, -0.2) is 28.0 Å². The molecule has 7 heteroatoms. The van der Waals surface area contributed by atoms with Gasteiger partial charge in [0.2, 0.25) is 5.91 Å². The van der Waals surface area contributed by atoms with Crippen molar-refractivity contribution in [2.75, 3.05) is 7.11 Å². The lowest BCUT2D eigenvalue weighted by Gasteiger charge is -2.22. The summed E-state index contributed by atoms with van der Waals surface area (Å²) in [6.07, 6.45) is 0. The Kier molecular flexibility index (Phi) is 4.71. The van der Waals surface area contributed by atoms with Crippen LogP contribution in [0.3, 0.4) is 0 Å². The summed E-state index contributed by atoms with van der Waals surface area (Å²) in [5.74, 6) is -0.306. The molecule has 2 aromatic carbocycles. The van der Waals surface area contributed by atoms with Crippen LogP contribution in [0.5, 0.6) is 5.75 Å². The number of nitrogens with two attached hydrogens (primary N) is 1. The Labute approximate surface area is 150 Å². The molecule has 26 heavy (non-hydrogen) atoms. The first-order chi connectivity index (χ1) is 12.4. The maximum atomic E-state index is 12.9. The standard InChI is InChI=1S/C19H20N4O3/c1-11-4-9-16-15(10-11)19(25)23(22-21-16)17(18(20)24)12(2)13-5-7-14(26-3)8-6-13/h4-10,12,17H,1-3H3,(H2,20,24). The molecule has 3 rings (SSSR count). The van der Waals surface area contributed by atoms with Crippen LogP contribution in [0.4, 0.5) is 0 Å². The second-order valence-corrected chi connectivity index (χ2v) is 6.27. The van der Waals surface area contributed by atoms with E-state index in [1.165, 1.54) is 0 Å². The number of ether oxygens (including phenoxy) is 1. The fraction of sp³-hybridized carbons (Fsp3) is 0.263. The van der Waals surface area contributed by atoms with Crippen LogP contribution in [0.15, 0.2) is 47.3 Å². The van der Waals surface area contributed by atoms with Gasteiger partial charge in [0, 0.05) is 5.92 Å². The Balaban J connectivity index is 2.10. The molecule has 0 saturated heterocycles. The Morgan fingerprint density at radius 2 is 1.88 bits per heavy atom. The van der Waals surface area contributed by atoms with Crippen LogP contribution in [0.1, 0.15) is 30.0 Å². The van der Waals surface area contributed by atoms with Crippen molar-refractivity contribution in [2.45, 2.75) is 25.8 Å². The number of hydrogen-bond acceptors (Lipinski definition) is 5. The van der Waals surface area contributed by atoms with Gasteiger partial charge in [0.25, 0.3) is 5.56 Å². The molecule has 1 aromatic heterocycles. The Hall–Kier alpha value is -3.22. The average molecular weight is 352 g/mol. The highest BCUT2D eigenvalue weighted by molar-refractivity contribution is 5.81. The first kappa shape index (κ1) is 17.6. The van der Waals surface area contributed by atoms with Crippen LogP contribution in [0.25, 0.3) is 10.9 Å². The van der Waals surface area contributed by atoms with Crippen molar-refractivity contribution < 1.29 is 9.53 Å². The third-order valence-electron chi connectivity index (χ3n) is 4.51. The van der Waals surface area contributed by atoms with Crippen molar-refractivity contribution >= 4 is 16.8 Å². The third-order valence-corrected chi connectivity index (χ3v) is 4.51. The predicted molar refractivity (Wildman–Crippen MR) is 98.2 cm³/mol. The Bertz CT molecular complexity index is 1010. The van der Waals surface area contributed by atoms with Crippen molar-refractivity contribution in [2.24, 2.45) is 5.73 Å². The minimum Gasteiger partial charge on any atom is -0.497 e. The Morgan fingerprint density at radius 3 is 2.50 bits per heavy atom. The highest BCUT2D eigenvalue weighted by Crippen LogP contribution is 2.28. The van der Waals surface area contributed by atoms with E-state index in [2.05, 4.69) is 10.3 Å². The van der Waals surface area contributed by atoms with E-state index >= 15 is 0 Å². The number of aromatic nitrogens is 3. The fourth-order valence-electron chi connectivity index (χ4n) is 3.02. The van der Waals surface area contributed by atoms with E-state index in [-0.39, 0.29) is 11.5 Å². The quantitative estimate of drug-likeness (QED) is 0.756. The molecule has 7 nitrogen and oxygen atoms in total. The summed E-state index contributed by atoms with van der Waals surface area (Å²) in [5, 5.41) is 8.45. The van der Waals surface area contributed by atoms with Gasteiger partial charge in [-0.05, 0) is 36.8 Å². The molecule has 2 unspecified atom stereocenters. The SMILES string of the molecule is COc1ccc(C(C)C(C(N)=O)n2nnc3ccc(C)cc3c2=O)cc1. The number of carbonyl (C=O) groups excluding carboxylic acids is 1. The molecule has 1 amide bonds. The molecule has 0 aliphatic heterocycles. The number of aryl methyl sites for hydroxylation is 1. The van der Waals surface area contributed by atoms with Crippen LogP contribution in [-0.2, 0) is 4.79 Å². The van der Waals surface area contributed by atoms with E-state index in [4.69, 9.17) is 10.5 Å². The molecule has 0 fully saturated rings. The number of amides is 1. The lowest BCUT2D eigenvalue weighted by atomic mass is 9.92. The van der Waals surface area contributed by atoms with E-state index in [1.807, 2.05) is 32.0 Å². The van der Waals surface area contributed by atoms with Crippen molar-refractivity contribution in [1.82, 2.24) is 15.0 Å². The summed E-state index contributed by atoms with van der Waals surface area (Å²) in [6.45, 7) is 3.71. The van der Waals surface area contributed by atoms with Crippen LogP contribution in [0, 0.1) is 6.92 Å². The van der Waals surface area contributed by atoms with Crippen LogP contribution in [0.2, 0.25) is 0 Å². The number of primary amides is 1. The lowest BCUT2D eigenvalue weighted by molar-refractivity contribution is -0.122. The summed E-state index contributed by atoms with van der Waals surface area (Å²) in [7, 11) is 1.58. The van der Waals surface area contributed by atoms with E-state index in [1.54, 1.807) is 31.4 Å². The zero-order valence-corrected chi connectivity index (χ0v) is 14.8. The maximum Gasteiger partial charge on any atom is 0.278 e. The second-order valence-electron chi connectivity index (χ2n) is 6.27. The molecule has 0 aliphatic carbocycles. The van der Waals surface area contributed by atoms with Gasteiger partial charge in [-0.25, -0.2) is 0 Å². The molecule has 0 radical (unpaired) electrons. The van der Waals surface area contributed by atoms with Crippen LogP contribution < -0.4 is 16.0 Å². The number of carbonyl (C=O) groups is 1. The van der Waals surface area contributed by atoms with Crippen molar-refractivity contribution in [3.05, 3.63) is 63.9 Å². The molecule has 2 atom stereocenters. The first-order valence-corrected chi connectivity index (χ1v) is 8.21. The summed E-state index contributed by atoms with van der Waals surface area (Å²) in [4.78, 5) is 25.1. The minimum absolute atomic E-state index is 0.368. The van der Waals surface area contributed by atoms with Gasteiger partial charge in [-0.15, -0.1) is 5.10 Å². The molecular weight excluding hydrogens is 332 g/mol. The number of nitrogens with zero attached hydrogens (tertiary/aromatic N) is 3. The van der Waals surface area contributed by atoms with E-state index in [0.29, 0.717) is 16.7 Å². The lowest BCUT2D eigenvalue weighted by Crippen LogP contribution is -2.39. The van der Waals surface area contributed by atoms with Gasteiger partial charge in [-0.2, -0.15) is 4.68 Å². The monoisotopic (exact) mass is 352 g/mol. The molecule has 0 spiro atoms. The summed E-state index contributed by atoms with van der Waals surface area (Å²) >= 11 is 0. The van der Waals surface area contributed by atoms with E-state index in [0.717, 1.165) is 15.8 Å². The molecule has 134 valence electrons. The van der Waals surface area contributed by atoms with Crippen molar-refractivity contribution in [1.29, 1.82) is 0 Å². The van der Waals surface area contributed by atoms with Gasteiger partial charge < -0.3 is 10.5 Å². The van der Waals surface area contributed by atoms with Gasteiger partial charge in [-0.1, -0.05) is 35.9 Å². The fourth-order valence-corrected chi connectivity index (χ4v) is 3.02. The van der Waals surface area contributed by atoms with Gasteiger partial charge in [-0.3, -0.25) is 9.59 Å². The van der Waals surface area contributed by atoms with Crippen LogP contribution >= 0.6 is 0 Å². The van der Waals surface area contributed by atoms with E-state index in [9.17, 15) is 9.59 Å². The largest absolute Gasteiger partial charge is 0.497 e. The highest BCUT2D eigenvalue weighted by atomic mass is 16.5. The summed E-state index contributed by atoms with van der Waals surface area (Å²) in [5.41, 5.74) is 7.48. The smallest absolute Gasteiger partial charge is 0.278 e. The van der Waals surface area contributed by atoms with Gasteiger partial charge >= 0.3 is 0 Å². The minimum atomic E-state index is -0.951. The number of hydrogen-bond donors (Lipinski definition) is 1. The third kappa shape index (κ3) is 3.15. The first-order valence-electron chi connectivity index (χ1n) is 8.21. The van der Waals surface area contributed by atoms with Crippen molar-refractivity contribution in [3.63, 3.8) is 0 Å².